The van der Waals surface area contributed by atoms with Gasteiger partial charge in [0.25, 0.3) is 0 Å². The van der Waals surface area contributed by atoms with Crippen LogP contribution in [0.3, 0.4) is 0 Å². The highest BCUT2D eigenvalue weighted by Crippen LogP contribution is 2.55. The van der Waals surface area contributed by atoms with Gasteiger partial charge >= 0.3 is 0 Å². The molecule has 0 radical (unpaired) electrons. The minimum atomic E-state index is 0.294. The summed E-state index contributed by atoms with van der Waals surface area (Å²) < 4.78 is 11.8. The predicted molar refractivity (Wildman–Crippen MR) is 228 cm³/mol. The van der Waals surface area contributed by atoms with Crippen molar-refractivity contribution in [2.24, 2.45) is 5.92 Å². The highest BCUT2D eigenvalue weighted by atomic mass is 16.3. The van der Waals surface area contributed by atoms with Crippen LogP contribution in [0, 0.1) is 5.92 Å². The molecule has 0 fully saturated rings. The van der Waals surface area contributed by atoms with E-state index in [0.29, 0.717) is 11.8 Å². The second-order valence-electron chi connectivity index (χ2n) is 15.1. The van der Waals surface area contributed by atoms with Crippen LogP contribution in [0.25, 0.3) is 99.9 Å². The van der Waals surface area contributed by atoms with E-state index in [1.165, 1.54) is 72.0 Å². The molecule has 0 saturated carbocycles. The molecule has 1 aliphatic heterocycles. The van der Waals surface area contributed by atoms with E-state index in [4.69, 9.17) is 4.42 Å². The Bertz CT molecular complexity index is 3380. The molecule has 0 saturated heterocycles. The predicted octanol–water partition coefficient (Wildman–Crippen LogP) is 13.7. The summed E-state index contributed by atoms with van der Waals surface area (Å²) in [5.74, 6) is 0.639. The average Bonchev–Trinajstić information content (AvgIpc) is 3.92. The summed E-state index contributed by atoms with van der Waals surface area (Å²) in [5, 5.41) is 6.05. The number of allylic oxidation sites excluding steroid dienone is 5. The van der Waals surface area contributed by atoms with Crippen LogP contribution < -0.4 is 0 Å². The molecule has 2 atom stereocenters. The molecule has 3 nitrogen and oxygen atoms in total. The molecule has 2 unspecified atom stereocenters. The summed E-state index contributed by atoms with van der Waals surface area (Å²) >= 11 is 0. The van der Waals surface area contributed by atoms with Crippen molar-refractivity contribution in [3.63, 3.8) is 0 Å². The molecule has 2 aliphatic carbocycles. The molecule has 13 rings (SSSR count). The molecular weight excluding hydrogens is 669 g/mol. The van der Waals surface area contributed by atoms with Gasteiger partial charge in [0.05, 0.1) is 27.9 Å². The van der Waals surface area contributed by atoms with Gasteiger partial charge < -0.3 is 13.6 Å². The summed E-state index contributed by atoms with van der Waals surface area (Å²) in [6.07, 6.45) is 11.8. The average molecular weight is 701 g/mol. The van der Waals surface area contributed by atoms with Gasteiger partial charge in [-0.2, -0.15) is 0 Å². The van der Waals surface area contributed by atoms with Crippen molar-refractivity contribution in [3.8, 4) is 33.6 Å². The zero-order valence-corrected chi connectivity index (χ0v) is 29.8. The van der Waals surface area contributed by atoms with E-state index in [1.807, 2.05) is 0 Å². The molecule has 55 heavy (non-hydrogen) atoms. The number of furan rings is 1. The molecule has 0 amide bonds. The first-order valence-corrected chi connectivity index (χ1v) is 19.2. The third kappa shape index (κ3) is 3.79. The Kier molecular flexibility index (Phi) is 5.74. The monoisotopic (exact) mass is 700 g/mol. The van der Waals surface area contributed by atoms with Crippen LogP contribution in [0.5, 0.6) is 0 Å². The molecule has 0 bridgehead atoms. The lowest BCUT2D eigenvalue weighted by Gasteiger charge is -2.37. The Morgan fingerprint density at radius 1 is 0.473 bits per heavy atom. The molecule has 0 N–H and O–H groups in total. The number of fused-ring (bicyclic) bond motifs is 12. The summed E-state index contributed by atoms with van der Waals surface area (Å²) in [6.45, 7) is 0. The highest BCUT2D eigenvalue weighted by molar-refractivity contribution is 6.21. The Morgan fingerprint density at radius 3 is 2.07 bits per heavy atom. The van der Waals surface area contributed by atoms with E-state index in [-0.39, 0.29) is 0 Å². The van der Waals surface area contributed by atoms with E-state index in [9.17, 15) is 0 Å². The number of nitrogens with zero attached hydrogens (tertiary/aromatic N) is 2. The quantitative estimate of drug-likeness (QED) is 0.180. The zero-order chi connectivity index (χ0) is 35.8. The van der Waals surface area contributed by atoms with Crippen LogP contribution >= 0.6 is 0 Å². The third-order valence-electron chi connectivity index (χ3n) is 12.5. The van der Waals surface area contributed by atoms with Gasteiger partial charge in [-0.15, -0.1) is 0 Å². The molecule has 3 aliphatic rings. The first-order chi connectivity index (χ1) is 27.3. The first kappa shape index (κ1) is 29.4. The zero-order valence-electron chi connectivity index (χ0n) is 29.8. The fourth-order valence-corrected chi connectivity index (χ4v) is 10.3. The van der Waals surface area contributed by atoms with E-state index in [1.54, 1.807) is 0 Å². The number of benzene rings is 7. The highest BCUT2D eigenvalue weighted by Gasteiger charge is 2.40. The molecular formula is C52H32N2O. The van der Waals surface area contributed by atoms with Crippen molar-refractivity contribution in [1.82, 2.24) is 9.13 Å². The minimum absolute atomic E-state index is 0.294. The summed E-state index contributed by atoms with van der Waals surface area (Å²) in [6, 6.07) is 55.2. The number of hydrogen-bond donors (Lipinski definition) is 0. The fourth-order valence-electron chi connectivity index (χ4n) is 10.3. The van der Waals surface area contributed by atoms with Crippen LogP contribution in [0.4, 0.5) is 0 Å². The van der Waals surface area contributed by atoms with Crippen LogP contribution in [0.15, 0.2) is 180 Å². The van der Waals surface area contributed by atoms with Crippen molar-refractivity contribution >= 4 is 66.3 Å². The van der Waals surface area contributed by atoms with Crippen LogP contribution in [0.1, 0.15) is 22.7 Å². The lowest BCUT2D eigenvalue weighted by atomic mass is 9.71. The van der Waals surface area contributed by atoms with Crippen LogP contribution in [-0.2, 0) is 0 Å². The van der Waals surface area contributed by atoms with Gasteiger partial charge in [-0.3, -0.25) is 0 Å². The minimum Gasteiger partial charge on any atom is -0.454 e. The summed E-state index contributed by atoms with van der Waals surface area (Å²) in [5.41, 5.74) is 18.0. The Labute approximate surface area is 317 Å². The van der Waals surface area contributed by atoms with Gasteiger partial charge in [0.1, 0.15) is 5.58 Å². The van der Waals surface area contributed by atoms with Gasteiger partial charge in [0, 0.05) is 55.6 Å². The number of rotatable bonds is 3. The lowest BCUT2D eigenvalue weighted by Crippen LogP contribution is -2.24. The van der Waals surface area contributed by atoms with Gasteiger partial charge in [0.2, 0.25) is 0 Å². The second-order valence-corrected chi connectivity index (χ2v) is 15.1. The van der Waals surface area contributed by atoms with Crippen LogP contribution in [0.2, 0.25) is 0 Å². The van der Waals surface area contributed by atoms with Crippen molar-refractivity contribution in [1.29, 1.82) is 0 Å². The fraction of sp³-hybridized carbons (Fsp3) is 0.0385. The van der Waals surface area contributed by atoms with Crippen molar-refractivity contribution in [2.45, 2.75) is 5.92 Å². The Morgan fingerprint density at radius 2 is 1.18 bits per heavy atom. The maximum atomic E-state index is 6.85. The van der Waals surface area contributed by atoms with Crippen molar-refractivity contribution < 1.29 is 4.42 Å². The van der Waals surface area contributed by atoms with E-state index in [0.717, 1.165) is 38.7 Å². The van der Waals surface area contributed by atoms with Gasteiger partial charge in [-0.1, -0.05) is 146 Å². The topological polar surface area (TPSA) is 23.0 Å². The maximum Gasteiger partial charge on any atom is 0.160 e. The molecule has 7 aromatic carbocycles. The lowest BCUT2D eigenvalue weighted by molar-refractivity contribution is 0.664. The third-order valence-corrected chi connectivity index (χ3v) is 12.5. The molecule has 256 valence electrons. The maximum absolute atomic E-state index is 6.85. The Hall–Kier alpha value is -7.10. The standard InChI is InChI=1S/C52H32N2O/c1-2-13-31(14-3-1)33-29-30-45(52-50(33)39-18-6-9-26-46(39)55-52)53-42-23-8-5-17-38(42)48-36(20-11-24-43(48)53)37-21-12-25-44-49(37)40-28-27-32-15-10-19-35-34-16-4-7-22-41(34)54(44)51(40)47(32)35/h1-30,32,47H. The van der Waals surface area contributed by atoms with Gasteiger partial charge in [-0.05, 0) is 64.2 Å². The van der Waals surface area contributed by atoms with Crippen LogP contribution in [-0.4, -0.2) is 9.13 Å². The summed E-state index contributed by atoms with van der Waals surface area (Å²) in [7, 11) is 0. The number of para-hydroxylation sites is 3. The van der Waals surface area contributed by atoms with E-state index >= 15 is 0 Å². The molecule has 0 spiro atoms. The SMILES string of the molecule is C1=CC2C=Cc3c4n(c5cccc(-c6cccc7c6c6ccccc6n7-c6ccc(-c7ccccc7)c7c6oc6ccccc67)c35)-c3ccccc3C(=C1)C42. The normalized spacial score (nSPS) is 16.7. The molecule has 4 heterocycles. The number of hydrogen-bond acceptors (Lipinski definition) is 1. The smallest absolute Gasteiger partial charge is 0.160 e. The van der Waals surface area contributed by atoms with Gasteiger partial charge in [-0.25, -0.2) is 0 Å². The largest absolute Gasteiger partial charge is 0.454 e. The second kappa shape index (κ2) is 10.7. The molecule has 3 heteroatoms. The number of aromatic nitrogens is 2. The van der Waals surface area contributed by atoms with Crippen molar-refractivity contribution in [2.75, 3.05) is 0 Å². The Balaban J connectivity index is 1.12. The van der Waals surface area contributed by atoms with E-state index < -0.39 is 0 Å². The molecule has 10 aromatic rings. The first-order valence-electron chi connectivity index (χ1n) is 19.2. The molecule has 3 aromatic heterocycles. The van der Waals surface area contributed by atoms with Crippen molar-refractivity contribution in [3.05, 3.63) is 193 Å². The summed E-state index contributed by atoms with van der Waals surface area (Å²) in [4.78, 5) is 0. The van der Waals surface area contributed by atoms with E-state index in [2.05, 4.69) is 191 Å². The van der Waals surface area contributed by atoms with Gasteiger partial charge in [0.15, 0.2) is 5.58 Å².